The molecule has 0 bridgehead atoms. The van der Waals surface area contributed by atoms with E-state index in [1.54, 1.807) is 0 Å². The van der Waals surface area contributed by atoms with Crippen LogP contribution in [-0.4, -0.2) is 28.2 Å². The van der Waals surface area contributed by atoms with Crippen molar-refractivity contribution in [3.63, 3.8) is 0 Å². The average molecular weight is 457 g/mol. The van der Waals surface area contributed by atoms with Gasteiger partial charge in [0, 0.05) is 12.0 Å². The number of aliphatic hydroxyl groups is 2. The first-order valence-corrected chi connectivity index (χ1v) is 13.6. The Kier molecular flexibility index (Phi) is 6.35. The molecule has 0 amide bonds. The number of rotatable bonds is 5. The van der Waals surface area contributed by atoms with Crippen LogP contribution < -0.4 is 0 Å². The third-order valence-corrected chi connectivity index (χ3v) is 11.5. The molecule has 0 spiro atoms. The van der Waals surface area contributed by atoms with Crippen LogP contribution in [-0.2, 0) is 4.79 Å². The summed E-state index contributed by atoms with van der Waals surface area (Å²) in [6.07, 6.45) is 6.39. The number of Topliss-reactive ketones (excluding diaryl/α,β-unsaturated/α-hetero) is 1. The Morgan fingerprint density at radius 3 is 2.42 bits per heavy atom. The monoisotopic (exact) mass is 456 g/mol. The van der Waals surface area contributed by atoms with Gasteiger partial charge in [-0.1, -0.05) is 60.6 Å². The van der Waals surface area contributed by atoms with Crippen molar-refractivity contribution in [1.82, 2.24) is 0 Å². The number of hydrogen-bond donors (Lipinski definition) is 2. The van der Waals surface area contributed by atoms with E-state index in [1.165, 1.54) is 5.57 Å². The molecule has 0 aromatic carbocycles. The van der Waals surface area contributed by atoms with E-state index >= 15 is 0 Å². The van der Waals surface area contributed by atoms with E-state index in [4.69, 9.17) is 0 Å². The zero-order valence-electron chi connectivity index (χ0n) is 22.2. The van der Waals surface area contributed by atoms with E-state index < -0.39 is 6.10 Å². The topological polar surface area (TPSA) is 57.5 Å². The fraction of sp³-hybridized carbons (Fsp3) is 0.833. The molecule has 0 heterocycles. The van der Waals surface area contributed by atoms with E-state index in [0.717, 1.165) is 49.7 Å². The molecular formula is C30H48O3. The second kappa shape index (κ2) is 8.33. The molecule has 2 N–H and O–H groups in total. The van der Waals surface area contributed by atoms with Gasteiger partial charge in [-0.05, 0) is 96.4 Å². The molecule has 4 aliphatic carbocycles. The zero-order valence-corrected chi connectivity index (χ0v) is 22.2. The molecule has 0 saturated heterocycles. The lowest BCUT2D eigenvalue weighted by Gasteiger charge is -2.60. The lowest BCUT2D eigenvalue weighted by molar-refractivity contribution is -0.129. The fourth-order valence-corrected chi connectivity index (χ4v) is 8.94. The van der Waals surface area contributed by atoms with Crippen molar-refractivity contribution < 1.29 is 15.0 Å². The van der Waals surface area contributed by atoms with Crippen molar-refractivity contribution in [3.05, 3.63) is 23.3 Å². The Morgan fingerprint density at radius 2 is 1.79 bits per heavy atom. The van der Waals surface area contributed by atoms with Gasteiger partial charge in [-0.2, -0.15) is 0 Å². The van der Waals surface area contributed by atoms with E-state index in [2.05, 4.69) is 55.0 Å². The van der Waals surface area contributed by atoms with Crippen molar-refractivity contribution >= 4 is 5.78 Å². The third kappa shape index (κ3) is 3.54. The first kappa shape index (κ1) is 25.2. The number of fused-ring (bicyclic) bond motifs is 4. The van der Waals surface area contributed by atoms with Gasteiger partial charge in [-0.15, -0.1) is 0 Å². The number of ketones is 1. The molecule has 4 aliphatic rings. The Morgan fingerprint density at radius 1 is 1.12 bits per heavy atom. The van der Waals surface area contributed by atoms with Crippen LogP contribution in [0.2, 0.25) is 0 Å². The Balaban J connectivity index is 1.71. The summed E-state index contributed by atoms with van der Waals surface area (Å²) in [4.78, 5) is 14.0. The molecule has 33 heavy (non-hydrogen) atoms. The quantitative estimate of drug-likeness (QED) is 0.465. The van der Waals surface area contributed by atoms with Crippen LogP contribution in [0.4, 0.5) is 0 Å². The van der Waals surface area contributed by atoms with Gasteiger partial charge in [0.2, 0.25) is 0 Å². The lowest BCUT2D eigenvalue weighted by atomic mass is 9.44. The molecule has 9 atom stereocenters. The predicted molar refractivity (Wildman–Crippen MR) is 135 cm³/mol. The van der Waals surface area contributed by atoms with Gasteiger partial charge >= 0.3 is 0 Å². The summed E-state index contributed by atoms with van der Waals surface area (Å²) in [7, 11) is 0. The van der Waals surface area contributed by atoms with E-state index in [1.807, 2.05) is 0 Å². The van der Waals surface area contributed by atoms with Crippen LogP contribution in [0.3, 0.4) is 0 Å². The standard InChI is InChI=1S/C30H48O3/c1-17(2)18(3)9-10-19(4)21-11-14-29(7)27-24(32)15-22-20(5)23(31)12-13-28(22,6)26(27)25(33)16-30(21,29)8/h17,19-24,31-32H,3,9-16H2,1-2,4-8H3/t19-,20+,21-,22+,23+,24-,28+,29+,30-/m1/s1. The first-order valence-electron chi connectivity index (χ1n) is 13.6. The maximum atomic E-state index is 14.0. The van der Waals surface area contributed by atoms with Crippen LogP contribution in [0, 0.1) is 45.8 Å². The van der Waals surface area contributed by atoms with Crippen molar-refractivity contribution in [1.29, 1.82) is 0 Å². The number of carbonyl (C=O) groups is 1. The van der Waals surface area contributed by atoms with Crippen molar-refractivity contribution in [2.45, 2.75) is 112 Å². The zero-order chi connectivity index (χ0) is 24.5. The minimum atomic E-state index is -0.561. The largest absolute Gasteiger partial charge is 0.393 e. The second-order valence-electron chi connectivity index (χ2n) is 13.4. The summed E-state index contributed by atoms with van der Waals surface area (Å²) >= 11 is 0. The SMILES string of the molecule is C=C(CC[C@@H](C)[C@H]1CC[C@@]2(C)C3=C(C(=O)C[C@]12C)[C@@]1(C)CC[C@H](O)[C@@H](C)[C@@H]1C[C@H]3O)C(C)C. The third-order valence-electron chi connectivity index (χ3n) is 11.5. The number of hydrogen-bond acceptors (Lipinski definition) is 3. The highest BCUT2D eigenvalue weighted by Gasteiger charge is 2.66. The molecule has 0 aliphatic heterocycles. The highest BCUT2D eigenvalue weighted by molar-refractivity contribution is 6.00. The Bertz CT molecular complexity index is 855. The minimum Gasteiger partial charge on any atom is -0.393 e. The molecule has 3 heteroatoms. The van der Waals surface area contributed by atoms with Crippen LogP contribution in [0.15, 0.2) is 23.3 Å². The van der Waals surface area contributed by atoms with Crippen LogP contribution in [0.25, 0.3) is 0 Å². The van der Waals surface area contributed by atoms with Gasteiger partial charge in [0.1, 0.15) is 0 Å². The van der Waals surface area contributed by atoms with Gasteiger partial charge in [0.25, 0.3) is 0 Å². The van der Waals surface area contributed by atoms with Gasteiger partial charge in [0.15, 0.2) is 5.78 Å². The van der Waals surface area contributed by atoms with Crippen molar-refractivity contribution in [2.24, 2.45) is 45.8 Å². The highest BCUT2D eigenvalue weighted by Crippen LogP contribution is 2.70. The molecular weight excluding hydrogens is 408 g/mol. The smallest absolute Gasteiger partial charge is 0.160 e. The maximum absolute atomic E-state index is 14.0. The van der Waals surface area contributed by atoms with Crippen molar-refractivity contribution in [3.8, 4) is 0 Å². The Labute approximate surface area is 202 Å². The second-order valence-corrected chi connectivity index (χ2v) is 13.4. The summed E-state index contributed by atoms with van der Waals surface area (Å²) in [5.41, 5.74) is 2.93. The summed E-state index contributed by atoms with van der Waals surface area (Å²) in [6.45, 7) is 20.2. The highest BCUT2D eigenvalue weighted by atomic mass is 16.3. The number of allylic oxidation sites excluding steroid dienone is 2. The van der Waals surface area contributed by atoms with E-state index in [0.29, 0.717) is 30.6 Å². The fourth-order valence-electron chi connectivity index (χ4n) is 8.94. The van der Waals surface area contributed by atoms with Crippen molar-refractivity contribution in [2.75, 3.05) is 0 Å². The normalized spacial score (nSPS) is 46.1. The summed E-state index contributed by atoms with van der Waals surface area (Å²) in [5, 5.41) is 22.1. The molecule has 4 rings (SSSR count). The molecule has 0 aromatic rings. The van der Waals surface area contributed by atoms with E-state index in [-0.39, 0.29) is 40.0 Å². The predicted octanol–water partition coefficient (Wildman–Crippen LogP) is 6.48. The summed E-state index contributed by atoms with van der Waals surface area (Å²) in [5.74, 6) is 2.12. The molecule has 2 saturated carbocycles. The molecule has 0 unspecified atom stereocenters. The molecule has 2 fully saturated rings. The average Bonchev–Trinajstić information content (AvgIpc) is 3.01. The molecule has 186 valence electrons. The van der Waals surface area contributed by atoms with Crippen LogP contribution in [0.1, 0.15) is 99.8 Å². The molecule has 0 radical (unpaired) electrons. The maximum Gasteiger partial charge on any atom is 0.160 e. The minimum absolute atomic E-state index is 0.106. The van der Waals surface area contributed by atoms with Crippen LogP contribution >= 0.6 is 0 Å². The van der Waals surface area contributed by atoms with Crippen LogP contribution in [0.5, 0.6) is 0 Å². The Hall–Kier alpha value is -0.930. The van der Waals surface area contributed by atoms with Gasteiger partial charge in [-0.3, -0.25) is 4.79 Å². The summed E-state index contributed by atoms with van der Waals surface area (Å²) in [6, 6.07) is 0. The van der Waals surface area contributed by atoms with Gasteiger partial charge in [0.05, 0.1) is 12.2 Å². The number of aliphatic hydroxyl groups excluding tert-OH is 2. The van der Waals surface area contributed by atoms with Gasteiger partial charge in [-0.25, -0.2) is 0 Å². The number of carbonyl (C=O) groups excluding carboxylic acids is 1. The first-order chi connectivity index (χ1) is 15.3. The lowest BCUT2D eigenvalue weighted by Crippen LogP contribution is -2.57. The summed E-state index contributed by atoms with van der Waals surface area (Å²) < 4.78 is 0. The van der Waals surface area contributed by atoms with E-state index in [9.17, 15) is 15.0 Å². The van der Waals surface area contributed by atoms with Gasteiger partial charge < -0.3 is 10.2 Å². The molecule has 3 nitrogen and oxygen atoms in total. The molecule has 0 aromatic heterocycles.